The summed E-state index contributed by atoms with van der Waals surface area (Å²) in [7, 11) is 0. The van der Waals surface area contributed by atoms with Crippen molar-refractivity contribution in [2.45, 2.75) is 26.3 Å². The lowest BCUT2D eigenvalue weighted by atomic mass is 10.0. The molecule has 0 aliphatic heterocycles. The lowest BCUT2D eigenvalue weighted by molar-refractivity contribution is 0.353. The van der Waals surface area contributed by atoms with Crippen LogP contribution < -0.4 is 5.73 Å². The standard InChI is InChI=1S/C17H19N3O/c1-11(2)15(18)10-16-19-17(20-21-16)14-8-7-12-5-3-4-6-13(12)9-14/h3-9,11,15H,10,18H2,1-2H3. The molecule has 1 atom stereocenters. The summed E-state index contributed by atoms with van der Waals surface area (Å²) >= 11 is 0. The molecule has 1 heterocycles. The quantitative estimate of drug-likeness (QED) is 0.796. The summed E-state index contributed by atoms with van der Waals surface area (Å²) in [6.45, 7) is 4.18. The van der Waals surface area contributed by atoms with E-state index in [1.807, 2.05) is 18.2 Å². The molecule has 0 spiro atoms. The third-order valence-corrected chi connectivity index (χ3v) is 3.74. The number of nitrogens with two attached hydrogens (primary N) is 1. The normalized spacial score (nSPS) is 13.0. The topological polar surface area (TPSA) is 64.9 Å². The molecule has 0 aliphatic rings. The molecular weight excluding hydrogens is 262 g/mol. The van der Waals surface area contributed by atoms with Crippen LogP contribution in [0.25, 0.3) is 22.2 Å². The SMILES string of the molecule is CC(C)C(N)Cc1nc(-c2ccc3ccccc3c2)no1. The highest BCUT2D eigenvalue weighted by Gasteiger charge is 2.14. The number of aromatic nitrogens is 2. The molecule has 21 heavy (non-hydrogen) atoms. The second-order valence-electron chi connectivity index (χ2n) is 5.69. The molecule has 1 aromatic heterocycles. The molecule has 2 aromatic carbocycles. The van der Waals surface area contributed by atoms with Gasteiger partial charge in [-0.3, -0.25) is 0 Å². The Balaban J connectivity index is 1.87. The van der Waals surface area contributed by atoms with Crippen LogP contribution in [-0.2, 0) is 6.42 Å². The van der Waals surface area contributed by atoms with Crippen LogP contribution in [0, 0.1) is 5.92 Å². The van der Waals surface area contributed by atoms with Crippen LogP contribution in [0.2, 0.25) is 0 Å². The van der Waals surface area contributed by atoms with Gasteiger partial charge < -0.3 is 10.3 Å². The molecule has 1 unspecified atom stereocenters. The van der Waals surface area contributed by atoms with Crippen molar-refractivity contribution in [2.75, 3.05) is 0 Å². The molecule has 2 N–H and O–H groups in total. The molecule has 4 nitrogen and oxygen atoms in total. The van der Waals surface area contributed by atoms with E-state index in [9.17, 15) is 0 Å². The Kier molecular flexibility index (Phi) is 3.71. The van der Waals surface area contributed by atoms with Gasteiger partial charge in [-0.25, -0.2) is 0 Å². The van der Waals surface area contributed by atoms with Gasteiger partial charge in [0.1, 0.15) is 0 Å². The first kappa shape index (κ1) is 13.8. The molecule has 0 saturated carbocycles. The Morgan fingerprint density at radius 3 is 2.62 bits per heavy atom. The van der Waals surface area contributed by atoms with E-state index in [0.717, 1.165) is 5.56 Å². The zero-order chi connectivity index (χ0) is 14.8. The van der Waals surface area contributed by atoms with Gasteiger partial charge in [0.25, 0.3) is 0 Å². The number of hydrogen-bond acceptors (Lipinski definition) is 4. The predicted octanol–water partition coefficient (Wildman–Crippen LogP) is 3.42. The molecule has 0 saturated heterocycles. The van der Waals surface area contributed by atoms with Crippen LogP contribution in [0.3, 0.4) is 0 Å². The van der Waals surface area contributed by atoms with Gasteiger partial charge >= 0.3 is 0 Å². The number of hydrogen-bond donors (Lipinski definition) is 1. The van der Waals surface area contributed by atoms with E-state index >= 15 is 0 Å². The summed E-state index contributed by atoms with van der Waals surface area (Å²) in [4.78, 5) is 4.45. The fourth-order valence-corrected chi connectivity index (χ4v) is 2.22. The fraction of sp³-hybridized carbons (Fsp3) is 0.294. The number of fused-ring (bicyclic) bond motifs is 1. The van der Waals surface area contributed by atoms with Gasteiger partial charge in [-0.2, -0.15) is 4.98 Å². The summed E-state index contributed by atoms with van der Waals surface area (Å²) in [5, 5.41) is 6.43. The minimum Gasteiger partial charge on any atom is -0.339 e. The molecule has 3 rings (SSSR count). The third kappa shape index (κ3) is 2.95. The summed E-state index contributed by atoms with van der Waals surface area (Å²) in [5.41, 5.74) is 7.00. The summed E-state index contributed by atoms with van der Waals surface area (Å²) in [6, 6.07) is 14.4. The largest absolute Gasteiger partial charge is 0.339 e. The van der Waals surface area contributed by atoms with Gasteiger partial charge in [0, 0.05) is 18.0 Å². The highest BCUT2D eigenvalue weighted by atomic mass is 16.5. The average Bonchev–Trinajstić information content (AvgIpc) is 2.95. The van der Waals surface area contributed by atoms with E-state index < -0.39 is 0 Å². The van der Waals surface area contributed by atoms with E-state index in [1.54, 1.807) is 0 Å². The summed E-state index contributed by atoms with van der Waals surface area (Å²) < 4.78 is 5.31. The van der Waals surface area contributed by atoms with Crippen LogP contribution >= 0.6 is 0 Å². The highest BCUT2D eigenvalue weighted by Crippen LogP contribution is 2.22. The van der Waals surface area contributed by atoms with Crippen molar-refractivity contribution in [3.63, 3.8) is 0 Å². The Morgan fingerprint density at radius 1 is 1.10 bits per heavy atom. The Hall–Kier alpha value is -2.20. The second kappa shape index (κ2) is 5.66. The highest BCUT2D eigenvalue weighted by molar-refractivity contribution is 5.86. The molecular formula is C17H19N3O. The van der Waals surface area contributed by atoms with E-state index in [1.165, 1.54) is 10.8 Å². The first-order valence-corrected chi connectivity index (χ1v) is 7.21. The van der Waals surface area contributed by atoms with Gasteiger partial charge in [-0.15, -0.1) is 0 Å². The van der Waals surface area contributed by atoms with Crippen molar-refractivity contribution in [3.05, 3.63) is 48.4 Å². The molecule has 0 aliphatic carbocycles. The lowest BCUT2D eigenvalue weighted by Gasteiger charge is -2.11. The van der Waals surface area contributed by atoms with Gasteiger partial charge in [0.15, 0.2) is 0 Å². The van der Waals surface area contributed by atoms with Gasteiger partial charge in [-0.1, -0.05) is 55.4 Å². The molecule has 0 bridgehead atoms. The first-order chi connectivity index (χ1) is 10.1. The van der Waals surface area contributed by atoms with E-state index in [4.69, 9.17) is 10.3 Å². The molecule has 0 fully saturated rings. The van der Waals surface area contributed by atoms with Gasteiger partial charge in [-0.05, 0) is 22.8 Å². The van der Waals surface area contributed by atoms with Crippen LogP contribution in [0.1, 0.15) is 19.7 Å². The van der Waals surface area contributed by atoms with Crippen molar-refractivity contribution in [2.24, 2.45) is 11.7 Å². The lowest BCUT2D eigenvalue weighted by Crippen LogP contribution is -2.28. The smallest absolute Gasteiger partial charge is 0.228 e. The van der Waals surface area contributed by atoms with Crippen molar-refractivity contribution >= 4 is 10.8 Å². The number of nitrogens with zero attached hydrogens (tertiary/aromatic N) is 2. The monoisotopic (exact) mass is 281 g/mol. The zero-order valence-corrected chi connectivity index (χ0v) is 12.3. The average molecular weight is 281 g/mol. The van der Waals surface area contributed by atoms with Crippen molar-refractivity contribution in [3.8, 4) is 11.4 Å². The van der Waals surface area contributed by atoms with Crippen LogP contribution in [-0.4, -0.2) is 16.2 Å². The molecule has 0 radical (unpaired) electrons. The predicted molar refractivity (Wildman–Crippen MR) is 83.8 cm³/mol. The van der Waals surface area contributed by atoms with Gasteiger partial charge in [0.2, 0.25) is 11.7 Å². The summed E-state index contributed by atoms with van der Waals surface area (Å²) in [5.74, 6) is 1.60. The van der Waals surface area contributed by atoms with E-state index in [2.05, 4.69) is 48.3 Å². The van der Waals surface area contributed by atoms with Crippen molar-refractivity contribution in [1.82, 2.24) is 10.1 Å². The minimum atomic E-state index is 0.0369. The third-order valence-electron chi connectivity index (χ3n) is 3.74. The second-order valence-corrected chi connectivity index (χ2v) is 5.69. The van der Waals surface area contributed by atoms with Crippen molar-refractivity contribution in [1.29, 1.82) is 0 Å². The molecule has 4 heteroatoms. The number of benzene rings is 2. The fourth-order valence-electron chi connectivity index (χ4n) is 2.22. The molecule has 3 aromatic rings. The summed E-state index contributed by atoms with van der Waals surface area (Å²) in [6.07, 6.45) is 0.609. The van der Waals surface area contributed by atoms with Gasteiger partial charge in [0.05, 0.1) is 0 Å². The van der Waals surface area contributed by atoms with E-state index in [-0.39, 0.29) is 6.04 Å². The number of rotatable bonds is 4. The maximum Gasteiger partial charge on any atom is 0.228 e. The zero-order valence-electron chi connectivity index (χ0n) is 12.3. The molecule has 0 amide bonds. The Labute approximate surface area is 124 Å². The van der Waals surface area contributed by atoms with Crippen LogP contribution in [0.5, 0.6) is 0 Å². The Bertz CT molecular complexity index is 748. The van der Waals surface area contributed by atoms with Crippen molar-refractivity contribution < 1.29 is 4.52 Å². The Morgan fingerprint density at radius 2 is 1.86 bits per heavy atom. The minimum absolute atomic E-state index is 0.0369. The van der Waals surface area contributed by atoms with Crippen LogP contribution in [0.15, 0.2) is 47.0 Å². The van der Waals surface area contributed by atoms with E-state index in [0.29, 0.717) is 24.1 Å². The first-order valence-electron chi connectivity index (χ1n) is 7.21. The van der Waals surface area contributed by atoms with Crippen LogP contribution in [0.4, 0.5) is 0 Å². The maximum atomic E-state index is 6.04. The maximum absolute atomic E-state index is 6.04. The molecule has 108 valence electrons.